The quantitative estimate of drug-likeness (QED) is 0.355. The fraction of sp³-hybridized carbons (Fsp3) is 0.704. The van der Waals surface area contributed by atoms with Crippen molar-refractivity contribution in [1.82, 2.24) is 0 Å². The number of rotatable bonds is 3. The zero-order valence-corrected chi connectivity index (χ0v) is 19.2. The van der Waals surface area contributed by atoms with Crippen molar-refractivity contribution >= 4 is 0 Å². The largest absolute Gasteiger partial charge is 0.150 e. The van der Waals surface area contributed by atoms with Crippen LogP contribution in [0.25, 0.3) is 0 Å². The lowest BCUT2D eigenvalue weighted by Crippen LogP contribution is -2.46. The van der Waals surface area contributed by atoms with Gasteiger partial charge in [-0.3, -0.25) is 0 Å². The van der Waals surface area contributed by atoms with Gasteiger partial charge in [-0.1, -0.05) is 70.5 Å². The second-order valence-electron chi connectivity index (χ2n) is 10.6. The maximum Gasteiger partial charge on any atom is 0.109 e. The third kappa shape index (κ3) is 2.88. The third-order valence-electron chi connectivity index (χ3n) is 9.43. The van der Waals surface area contributed by atoms with Crippen LogP contribution in [-0.4, -0.2) is 5.54 Å². The molecule has 158 valence electrons. The average molecular weight is 394 g/mol. The van der Waals surface area contributed by atoms with Gasteiger partial charge in [-0.2, -0.15) is 4.91 Å². The molecule has 2 heteroatoms. The van der Waals surface area contributed by atoms with Gasteiger partial charge < -0.3 is 0 Å². The van der Waals surface area contributed by atoms with E-state index in [9.17, 15) is 4.91 Å². The van der Waals surface area contributed by atoms with E-state index in [4.69, 9.17) is 0 Å². The van der Waals surface area contributed by atoms with E-state index in [1.165, 1.54) is 41.6 Å². The van der Waals surface area contributed by atoms with Crippen LogP contribution in [0, 0.1) is 40.4 Å². The van der Waals surface area contributed by atoms with E-state index in [0.717, 1.165) is 25.7 Å². The lowest BCUT2D eigenvalue weighted by atomic mass is 9.51. The molecule has 29 heavy (non-hydrogen) atoms. The van der Waals surface area contributed by atoms with Gasteiger partial charge >= 0.3 is 0 Å². The van der Waals surface area contributed by atoms with E-state index < -0.39 is 5.54 Å². The van der Waals surface area contributed by atoms with Gasteiger partial charge in [0.15, 0.2) is 0 Å². The minimum absolute atomic E-state index is 0.340. The number of fused-ring (bicyclic) bond motifs is 1. The molecule has 0 aromatic carbocycles. The predicted octanol–water partition coefficient (Wildman–Crippen LogP) is 7.78. The Balaban J connectivity index is 1.77. The standard InChI is InChI=1S/C27H39NO/c1-8-16(3)27(28-29)13-12-21-17(4)26-20(7)24-15(2)10-9-11-22(24)18(5)25(26)19(6)23(21)14-27/h15-17,19,25-26H,5,7-14H2,1-4,6H3/t15-,16-,17?,19-,25-,26?,27?/m0/s1. The van der Waals surface area contributed by atoms with Gasteiger partial charge in [-0.25, -0.2) is 0 Å². The molecule has 0 bridgehead atoms. The molecule has 0 saturated heterocycles. The summed E-state index contributed by atoms with van der Waals surface area (Å²) in [5, 5.41) is 3.78. The Morgan fingerprint density at radius 2 is 1.72 bits per heavy atom. The predicted molar refractivity (Wildman–Crippen MR) is 122 cm³/mol. The summed E-state index contributed by atoms with van der Waals surface area (Å²) in [6, 6.07) is 0. The van der Waals surface area contributed by atoms with Crippen molar-refractivity contribution in [2.45, 2.75) is 85.1 Å². The van der Waals surface area contributed by atoms with Crippen LogP contribution in [0.3, 0.4) is 0 Å². The molecule has 0 heterocycles. The van der Waals surface area contributed by atoms with E-state index in [0.29, 0.717) is 35.5 Å². The summed E-state index contributed by atoms with van der Waals surface area (Å²) in [5.74, 6) is 2.82. The molecule has 4 aliphatic carbocycles. The highest BCUT2D eigenvalue weighted by atomic mass is 16.3. The highest BCUT2D eigenvalue weighted by Gasteiger charge is 2.51. The van der Waals surface area contributed by atoms with Gasteiger partial charge in [0, 0.05) is 0 Å². The molecular formula is C27H39NO. The van der Waals surface area contributed by atoms with Gasteiger partial charge in [0.25, 0.3) is 0 Å². The summed E-state index contributed by atoms with van der Waals surface area (Å²) in [5.41, 5.74) is 8.59. The lowest BCUT2D eigenvalue weighted by molar-refractivity contribution is 0.184. The summed E-state index contributed by atoms with van der Waals surface area (Å²) in [6.45, 7) is 21.0. The zero-order chi connectivity index (χ0) is 21.1. The van der Waals surface area contributed by atoms with Crippen LogP contribution in [0.15, 0.2) is 51.8 Å². The second kappa shape index (κ2) is 7.36. The molecule has 4 aliphatic rings. The van der Waals surface area contributed by atoms with Crippen LogP contribution in [0.1, 0.15) is 79.6 Å². The first-order chi connectivity index (χ1) is 13.8. The molecule has 0 fully saturated rings. The summed E-state index contributed by atoms with van der Waals surface area (Å²) in [6.07, 6.45) is 7.54. The van der Waals surface area contributed by atoms with Crippen LogP contribution in [0.5, 0.6) is 0 Å². The molecule has 0 saturated carbocycles. The molecule has 3 unspecified atom stereocenters. The molecule has 0 aromatic rings. The molecule has 0 radical (unpaired) electrons. The summed E-state index contributed by atoms with van der Waals surface area (Å²) in [4.78, 5) is 12.1. The van der Waals surface area contributed by atoms with Gasteiger partial charge in [-0.05, 0) is 96.3 Å². The second-order valence-corrected chi connectivity index (χ2v) is 10.6. The highest BCUT2D eigenvalue weighted by molar-refractivity contribution is 5.55. The SMILES string of the molecule is C=C1C2=C(CCC[C@@H]2C)C(=C)[C@@H]2C1C(C)C1=C(CC(N=O)([C@@H](C)CC)CC1)[C@@H]2C. The first-order valence-electron chi connectivity index (χ1n) is 11.9. The zero-order valence-electron chi connectivity index (χ0n) is 19.2. The minimum atomic E-state index is -0.412. The number of hydrogen-bond acceptors (Lipinski definition) is 2. The lowest BCUT2D eigenvalue weighted by Gasteiger charge is -2.53. The Labute approximate surface area is 177 Å². The Kier molecular flexibility index (Phi) is 5.28. The van der Waals surface area contributed by atoms with E-state index in [-0.39, 0.29) is 0 Å². The topological polar surface area (TPSA) is 29.4 Å². The fourth-order valence-electron chi connectivity index (χ4n) is 7.46. The van der Waals surface area contributed by atoms with Crippen molar-refractivity contribution in [3.8, 4) is 0 Å². The van der Waals surface area contributed by atoms with Crippen LogP contribution < -0.4 is 0 Å². The van der Waals surface area contributed by atoms with Crippen molar-refractivity contribution < 1.29 is 0 Å². The number of nitroso groups, excluding NO2 is 1. The van der Waals surface area contributed by atoms with Crippen LogP contribution in [0.2, 0.25) is 0 Å². The van der Waals surface area contributed by atoms with Crippen molar-refractivity contribution in [2.24, 2.45) is 40.7 Å². The van der Waals surface area contributed by atoms with E-state index in [1.54, 1.807) is 11.1 Å². The van der Waals surface area contributed by atoms with E-state index in [2.05, 4.69) is 53.0 Å². The Morgan fingerprint density at radius 3 is 2.38 bits per heavy atom. The first-order valence-corrected chi connectivity index (χ1v) is 11.9. The molecule has 0 aliphatic heterocycles. The highest BCUT2D eigenvalue weighted by Crippen LogP contribution is 2.60. The molecule has 0 N–H and O–H groups in total. The molecule has 0 aromatic heterocycles. The summed E-state index contributed by atoms with van der Waals surface area (Å²) in [7, 11) is 0. The average Bonchev–Trinajstić information content (AvgIpc) is 2.73. The summed E-state index contributed by atoms with van der Waals surface area (Å²) < 4.78 is 0. The van der Waals surface area contributed by atoms with Crippen LogP contribution >= 0.6 is 0 Å². The monoisotopic (exact) mass is 393 g/mol. The maximum atomic E-state index is 12.1. The van der Waals surface area contributed by atoms with Gasteiger partial charge in [0.2, 0.25) is 0 Å². The minimum Gasteiger partial charge on any atom is -0.150 e. The van der Waals surface area contributed by atoms with E-state index >= 15 is 0 Å². The number of hydrogen-bond donors (Lipinski definition) is 0. The smallest absolute Gasteiger partial charge is 0.109 e. The Hall–Kier alpha value is -1.44. The molecule has 7 atom stereocenters. The maximum absolute atomic E-state index is 12.1. The Morgan fingerprint density at radius 1 is 1.07 bits per heavy atom. The number of nitrogens with zero attached hydrogens (tertiary/aromatic N) is 1. The fourth-order valence-corrected chi connectivity index (χ4v) is 7.46. The molecule has 0 spiro atoms. The normalized spacial score (nSPS) is 40.9. The van der Waals surface area contributed by atoms with Crippen molar-refractivity contribution in [2.75, 3.05) is 0 Å². The molecule has 0 amide bonds. The summed E-state index contributed by atoms with van der Waals surface area (Å²) >= 11 is 0. The van der Waals surface area contributed by atoms with Crippen molar-refractivity contribution in [3.05, 3.63) is 51.5 Å². The van der Waals surface area contributed by atoms with Gasteiger partial charge in [0.1, 0.15) is 5.54 Å². The van der Waals surface area contributed by atoms with Crippen LogP contribution in [-0.2, 0) is 0 Å². The molecule has 2 nitrogen and oxygen atoms in total. The van der Waals surface area contributed by atoms with Crippen molar-refractivity contribution in [1.29, 1.82) is 0 Å². The number of allylic oxidation sites excluding steroid dienone is 5. The van der Waals surface area contributed by atoms with Gasteiger partial charge in [-0.15, -0.1) is 0 Å². The third-order valence-corrected chi connectivity index (χ3v) is 9.43. The molecular weight excluding hydrogens is 354 g/mol. The Bertz CT molecular complexity index is 814. The molecule has 4 rings (SSSR count). The van der Waals surface area contributed by atoms with E-state index in [1.807, 2.05) is 0 Å². The van der Waals surface area contributed by atoms with Crippen molar-refractivity contribution in [3.63, 3.8) is 0 Å². The van der Waals surface area contributed by atoms with Gasteiger partial charge in [0.05, 0.1) is 0 Å². The van der Waals surface area contributed by atoms with Crippen LogP contribution in [0.4, 0.5) is 0 Å². The first kappa shape index (κ1) is 20.8.